The SMILES string of the molecule is CC(C)CNC/C(=C/c1ccc(Cl)cc1F)C(C)C. The van der Waals surface area contributed by atoms with Crippen LogP contribution in [0.1, 0.15) is 33.3 Å². The molecule has 3 heteroatoms. The fourth-order valence-corrected chi connectivity index (χ4v) is 1.90. The van der Waals surface area contributed by atoms with Crippen LogP contribution in [-0.2, 0) is 0 Å². The fourth-order valence-electron chi connectivity index (χ4n) is 1.75. The second kappa shape index (κ2) is 7.66. The van der Waals surface area contributed by atoms with Gasteiger partial charge in [0.25, 0.3) is 0 Å². The molecule has 0 aliphatic carbocycles. The molecule has 0 aliphatic rings. The summed E-state index contributed by atoms with van der Waals surface area (Å²) in [6.07, 6.45) is 1.92. The molecule has 0 heterocycles. The fraction of sp³-hybridized carbons (Fsp3) is 0.500. The largest absolute Gasteiger partial charge is 0.313 e. The van der Waals surface area contributed by atoms with Crippen LogP contribution in [0.2, 0.25) is 5.02 Å². The number of benzene rings is 1. The van der Waals surface area contributed by atoms with Gasteiger partial charge in [-0.2, -0.15) is 0 Å². The molecule has 0 aliphatic heterocycles. The topological polar surface area (TPSA) is 12.0 Å². The highest BCUT2D eigenvalue weighted by molar-refractivity contribution is 6.30. The Hall–Kier alpha value is -0.860. The third kappa shape index (κ3) is 5.75. The van der Waals surface area contributed by atoms with Gasteiger partial charge in [0, 0.05) is 17.1 Å². The summed E-state index contributed by atoms with van der Waals surface area (Å²) in [7, 11) is 0. The molecular weight excluding hydrogens is 261 g/mol. The zero-order valence-electron chi connectivity index (χ0n) is 12.1. The lowest BCUT2D eigenvalue weighted by atomic mass is 10.00. The van der Waals surface area contributed by atoms with Crippen LogP contribution in [0, 0.1) is 17.7 Å². The van der Waals surface area contributed by atoms with Gasteiger partial charge in [-0.3, -0.25) is 0 Å². The van der Waals surface area contributed by atoms with Crippen molar-refractivity contribution < 1.29 is 4.39 Å². The number of nitrogens with one attached hydrogen (secondary N) is 1. The summed E-state index contributed by atoms with van der Waals surface area (Å²) in [6, 6.07) is 4.80. The average molecular weight is 284 g/mol. The van der Waals surface area contributed by atoms with E-state index in [-0.39, 0.29) is 5.82 Å². The summed E-state index contributed by atoms with van der Waals surface area (Å²) in [5.41, 5.74) is 1.79. The van der Waals surface area contributed by atoms with Crippen molar-refractivity contribution in [3.8, 4) is 0 Å². The van der Waals surface area contributed by atoms with Gasteiger partial charge < -0.3 is 5.32 Å². The maximum atomic E-state index is 13.8. The van der Waals surface area contributed by atoms with Crippen LogP contribution < -0.4 is 5.32 Å². The van der Waals surface area contributed by atoms with E-state index in [1.807, 2.05) is 6.08 Å². The van der Waals surface area contributed by atoms with E-state index in [1.54, 1.807) is 12.1 Å². The van der Waals surface area contributed by atoms with Gasteiger partial charge in [0.1, 0.15) is 5.82 Å². The predicted molar refractivity (Wildman–Crippen MR) is 81.9 cm³/mol. The summed E-state index contributed by atoms with van der Waals surface area (Å²) in [5, 5.41) is 3.83. The van der Waals surface area contributed by atoms with E-state index >= 15 is 0 Å². The van der Waals surface area contributed by atoms with E-state index in [0.29, 0.717) is 22.4 Å². The zero-order chi connectivity index (χ0) is 14.4. The van der Waals surface area contributed by atoms with Crippen molar-refractivity contribution in [3.05, 3.63) is 40.2 Å². The van der Waals surface area contributed by atoms with E-state index in [9.17, 15) is 4.39 Å². The van der Waals surface area contributed by atoms with Gasteiger partial charge in [0.15, 0.2) is 0 Å². The summed E-state index contributed by atoms with van der Waals surface area (Å²) in [6.45, 7) is 10.3. The summed E-state index contributed by atoms with van der Waals surface area (Å²) >= 11 is 5.76. The first-order chi connectivity index (χ1) is 8.90. The van der Waals surface area contributed by atoms with Crippen molar-refractivity contribution in [2.45, 2.75) is 27.7 Å². The smallest absolute Gasteiger partial charge is 0.131 e. The molecule has 0 saturated heterocycles. The van der Waals surface area contributed by atoms with E-state index in [0.717, 1.165) is 13.1 Å². The number of hydrogen-bond donors (Lipinski definition) is 1. The van der Waals surface area contributed by atoms with Gasteiger partial charge >= 0.3 is 0 Å². The third-order valence-corrected chi connectivity index (χ3v) is 3.16. The number of rotatable bonds is 6. The van der Waals surface area contributed by atoms with E-state index in [4.69, 9.17) is 11.6 Å². The molecule has 0 amide bonds. The Kier molecular flexibility index (Phi) is 6.53. The molecule has 1 N–H and O–H groups in total. The monoisotopic (exact) mass is 283 g/mol. The molecule has 0 spiro atoms. The highest BCUT2D eigenvalue weighted by atomic mass is 35.5. The molecule has 0 unspecified atom stereocenters. The summed E-state index contributed by atoms with van der Waals surface area (Å²) < 4.78 is 13.8. The molecule has 0 saturated carbocycles. The molecular formula is C16H23ClFN. The summed E-state index contributed by atoms with van der Waals surface area (Å²) in [4.78, 5) is 0. The third-order valence-electron chi connectivity index (χ3n) is 2.93. The number of hydrogen-bond acceptors (Lipinski definition) is 1. The Morgan fingerprint density at radius 3 is 2.53 bits per heavy atom. The van der Waals surface area contributed by atoms with Crippen molar-refractivity contribution in [2.24, 2.45) is 11.8 Å². The first kappa shape index (κ1) is 16.2. The van der Waals surface area contributed by atoms with E-state index in [1.165, 1.54) is 11.6 Å². The lowest BCUT2D eigenvalue weighted by Crippen LogP contribution is -2.23. The van der Waals surface area contributed by atoms with Gasteiger partial charge in [0.05, 0.1) is 0 Å². The maximum absolute atomic E-state index is 13.8. The predicted octanol–water partition coefficient (Wildman–Crippen LogP) is 4.76. The molecule has 0 atom stereocenters. The van der Waals surface area contributed by atoms with Crippen LogP contribution in [0.4, 0.5) is 4.39 Å². The van der Waals surface area contributed by atoms with E-state index < -0.39 is 0 Å². The van der Waals surface area contributed by atoms with Gasteiger partial charge in [-0.15, -0.1) is 0 Å². The first-order valence-electron chi connectivity index (χ1n) is 6.76. The normalized spacial score (nSPS) is 12.5. The van der Waals surface area contributed by atoms with Crippen molar-refractivity contribution in [1.82, 2.24) is 5.32 Å². The Labute approximate surface area is 120 Å². The van der Waals surface area contributed by atoms with Crippen LogP contribution in [0.3, 0.4) is 0 Å². The van der Waals surface area contributed by atoms with Crippen molar-refractivity contribution >= 4 is 17.7 Å². The minimum absolute atomic E-state index is 0.269. The number of halogens is 2. The molecule has 106 valence electrons. The van der Waals surface area contributed by atoms with E-state index in [2.05, 4.69) is 33.0 Å². The van der Waals surface area contributed by atoms with Crippen molar-refractivity contribution in [3.63, 3.8) is 0 Å². The maximum Gasteiger partial charge on any atom is 0.131 e. The lowest BCUT2D eigenvalue weighted by molar-refractivity contribution is 0.558. The van der Waals surface area contributed by atoms with Crippen LogP contribution in [0.5, 0.6) is 0 Å². The summed E-state index contributed by atoms with van der Waals surface area (Å²) in [5.74, 6) is 0.727. The molecule has 1 nitrogen and oxygen atoms in total. The highest BCUT2D eigenvalue weighted by Crippen LogP contribution is 2.19. The molecule has 0 bridgehead atoms. The van der Waals surface area contributed by atoms with Gasteiger partial charge in [-0.25, -0.2) is 4.39 Å². The van der Waals surface area contributed by atoms with Gasteiger partial charge in [-0.1, -0.05) is 57.0 Å². The molecule has 0 aromatic heterocycles. The molecule has 0 fully saturated rings. The Morgan fingerprint density at radius 1 is 1.32 bits per heavy atom. The highest BCUT2D eigenvalue weighted by Gasteiger charge is 2.07. The average Bonchev–Trinajstić information content (AvgIpc) is 2.30. The second-order valence-electron chi connectivity index (χ2n) is 5.56. The minimum atomic E-state index is -0.269. The van der Waals surface area contributed by atoms with Crippen LogP contribution >= 0.6 is 11.6 Å². The molecule has 1 aromatic rings. The first-order valence-corrected chi connectivity index (χ1v) is 7.14. The molecule has 1 rings (SSSR count). The van der Waals surface area contributed by atoms with Crippen LogP contribution in [0.25, 0.3) is 6.08 Å². The molecule has 19 heavy (non-hydrogen) atoms. The van der Waals surface area contributed by atoms with Gasteiger partial charge in [-0.05, 0) is 30.5 Å². The lowest BCUT2D eigenvalue weighted by Gasteiger charge is -2.14. The Bertz CT molecular complexity index is 438. The molecule has 0 radical (unpaired) electrons. The molecule has 1 aromatic carbocycles. The van der Waals surface area contributed by atoms with Crippen molar-refractivity contribution in [2.75, 3.05) is 13.1 Å². The Balaban J connectivity index is 2.82. The second-order valence-corrected chi connectivity index (χ2v) is 6.00. The van der Waals surface area contributed by atoms with Gasteiger partial charge in [0.2, 0.25) is 0 Å². The standard InChI is InChI=1S/C16H23ClFN/c1-11(2)9-19-10-14(12(3)4)7-13-5-6-15(17)8-16(13)18/h5-8,11-12,19H,9-10H2,1-4H3/b14-7-. The quantitative estimate of drug-likeness (QED) is 0.793. The zero-order valence-corrected chi connectivity index (χ0v) is 12.9. The van der Waals surface area contributed by atoms with Crippen LogP contribution in [0.15, 0.2) is 23.8 Å². The van der Waals surface area contributed by atoms with Crippen LogP contribution in [-0.4, -0.2) is 13.1 Å². The minimum Gasteiger partial charge on any atom is -0.313 e. The Morgan fingerprint density at radius 2 is 2.00 bits per heavy atom. The van der Waals surface area contributed by atoms with Crippen molar-refractivity contribution in [1.29, 1.82) is 0 Å².